The van der Waals surface area contributed by atoms with Gasteiger partial charge in [-0.15, -0.1) is 10.2 Å². The Labute approximate surface area is 152 Å². The highest BCUT2D eigenvalue weighted by atomic mass is 32.2. The van der Waals surface area contributed by atoms with Crippen LogP contribution in [0.1, 0.15) is 6.92 Å². The molecule has 2 aromatic rings. The summed E-state index contributed by atoms with van der Waals surface area (Å²) in [6, 6.07) is 5.32. The third kappa shape index (κ3) is 4.65. The zero-order valence-electron chi connectivity index (χ0n) is 12.9. The zero-order valence-corrected chi connectivity index (χ0v) is 15.4. The molecule has 24 heavy (non-hydrogen) atoms. The van der Waals surface area contributed by atoms with Crippen molar-refractivity contribution >= 4 is 46.5 Å². The molecule has 2 heterocycles. The summed E-state index contributed by atoms with van der Waals surface area (Å²) in [6.45, 7) is 6.05. The van der Waals surface area contributed by atoms with E-state index in [0.717, 1.165) is 20.0 Å². The smallest absolute Gasteiger partial charge is 0.234 e. The Morgan fingerprint density at radius 2 is 1.96 bits per heavy atom. The maximum Gasteiger partial charge on any atom is 0.234 e. The van der Waals surface area contributed by atoms with Crippen LogP contribution in [-0.4, -0.2) is 34.4 Å². The summed E-state index contributed by atoms with van der Waals surface area (Å²) < 4.78 is 12.2. The second kappa shape index (κ2) is 7.91. The lowest BCUT2D eigenvalue weighted by atomic mass is 10.3. The van der Waals surface area contributed by atoms with Crippen molar-refractivity contribution < 1.29 is 14.3 Å². The van der Waals surface area contributed by atoms with E-state index < -0.39 is 0 Å². The van der Waals surface area contributed by atoms with Crippen molar-refractivity contribution in [2.24, 2.45) is 0 Å². The lowest BCUT2D eigenvalue weighted by Gasteiger charge is -2.05. The largest absolute Gasteiger partial charge is 0.454 e. The van der Waals surface area contributed by atoms with E-state index in [1.807, 2.05) is 6.92 Å². The molecule has 0 unspecified atom stereocenters. The van der Waals surface area contributed by atoms with Gasteiger partial charge in [-0.2, -0.15) is 0 Å². The lowest BCUT2D eigenvalue weighted by Crippen LogP contribution is -2.13. The van der Waals surface area contributed by atoms with Gasteiger partial charge in [0.25, 0.3) is 0 Å². The van der Waals surface area contributed by atoms with Gasteiger partial charge in [-0.3, -0.25) is 4.79 Å². The molecule has 0 saturated carbocycles. The average molecular weight is 382 g/mol. The average Bonchev–Trinajstić information content (AvgIpc) is 3.19. The second-order valence-electron chi connectivity index (χ2n) is 4.98. The first-order valence-corrected chi connectivity index (χ1v) is 9.82. The van der Waals surface area contributed by atoms with E-state index in [1.165, 1.54) is 23.1 Å². The molecular weight excluding hydrogens is 366 g/mol. The summed E-state index contributed by atoms with van der Waals surface area (Å²) in [5.41, 5.74) is 1.77. The van der Waals surface area contributed by atoms with Crippen LogP contribution in [-0.2, 0) is 4.79 Å². The SMILES string of the molecule is C=C(C)CSc1nnc(SCC(=O)Nc2ccc3c(c2)OCO3)s1. The highest BCUT2D eigenvalue weighted by Gasteiger charge is 2.14. The number of nitrogens with one attached hydrogen (secondary N) is 1. The summed E-state index contributed by atoms with van der Waals surface area (Å²) in [7, 11) is 0. The number of rotatable bonds is 7. The summed E-state index contributed by atoms with van der Waals surface area (Å²) in [5.74, 6) is 2.32. The minimum Gasteiger partial charge on any atom is -0.454 e. The van der Waals surface area contributed by atoms with E-state index in [2.05, 4.69) is 22.1 Å². The van der Waals surface area contributed by atoms with Gasteiger partial charge in [0.2, 0.25) is 12.7 Å². The van der Waals surface area contributed by atoms with Crippen LogP contribution in [0, 0.1) is 0 Å². The first-order chi connectivity index (χ1) is 11.6. The molecule has 6 nitrogen and oxygen atoms in total. The molecular formula is C15H15N3O3S3. The number of hydrogen-bond donors (Lipinski definition) is 1. The number of anilines is 1. The Balaban J connectivity index is 1.48. The maximum atomic E-state index is 12.0. The minimum atomic E-state index is -0.106. The number of thioether (sulfide) groups is 2. The number of benzene rings is 1. The Hall–Kier alpha value is -1.71. The lowest BCUT2D eigenvalue weighted by molar-refractivity contribution is -0.113. The van der Waals surface area contributed by atoms with Crippen molar-refractivity contribution in [1.82, 2.24) is 10.2 Å². The number of ether oxygens (including phenoxy) is 2. The Kier molecular flexibility index (Phi) is 5.64. The van der Waals surface area contributed by atoms with Crippen LogP contribution in [0.2, 0.25) is 0 Å². The molecule has 0 atom stereocenters. The van der Waals surface area contributed by atoms with E-state index in [4.69, 9.17) is 9.47 Å². The van der Waals surface area contributed by atoms with Gasteiger partial charge in [-0.25, -0.2) is 0 Å². The highest BCUT2D eigenvalue weighted by molar-refractivity contribution is 8.03. The number of carbonyl (C=O) groups is 1. The molecule has 1 aromatic carbocycles. The second-order valence-corrected chi connectivity index (χ2v) is 8.41. The quantitative estimate of drug-likeness (QED) is 0.579. The van der Waals surface area contributed by atoms with Gasteiger partial charge >= 0.3 is 0 Å². The molecule has 0 radical (unpaired) electrons. The van der Waals surface area contributed by atoms with Crippen molar-refractivity contribution in [2.45, 2.75) is 15.6 Å². The van der Waals surface area contributed by atoms with Gasteiger partial charge < -0.3 is 14.8 Å². The fourth-order valence-electron chi connectivity index (χ4n) is 1.80. The number of carbonyl (C=O) groups excluding carboxylic acids is 1. The Morgan fingerprint density at radius 1 is 1.25 bits per heavy atom. The molecule has 9 heteroatoms. The van der Waals surface area contributed by atoms with Crippen LogP contribution in [0.3, 0.4) is 0 Å². The van der Waals surface area contributed by atoms with Gasteiger partial charge in [0.1, 0.15) is 0 Å². The highest BCUT2D eigenvalue weighted by Crippen LogP contribution is 2.34. The van der Waals surface area contributed by atoms with Crippen LogP contribution in [0.25, 0.3) is 0 Å². The van der Waals surface area contributed by atoms with Gasteiger partial charge in [-0.05, 0) is 19.1 Å². The van der Waals surface area contributed by atoms with Gasteiger partial charge in [0, 0.05) is 17.5 Å². The van der Waals surface area contributed by atoms with Crippen LogP contribution < -0.4 is 14.8 Å². The van der Waals surface area contributed by atoms with Crippen molar-refractivity contribution in [3.8, 4) is 11.5 Å². The molecule has 0 saturated heterocycles. The molecule has 1 aromatic heterocycles. The Morgan fingerprint density at radius 3 is 2.71 bits per heavy atom. The molecule has 126 valence electrons. The number of amides is 1. The zero-order chi connectivity index (χ0) is 16.9. The molecule has 0 bridgehead atoms. The number of fused-ring (bicyclic) bond motifs is 1. The molecule has 1 N–H and O–H groups in total. The number of hydrogen-bond acceptors (Lipinski definition) is 8. The van der Waals surface area contributed by atoms with Gasteiger partial charge in [-0.1, -0.05) is 47.0 Å². The molecule has 1 amide bonds. The normalized spacial score (nSPS) is 12.2. The third-order valence-electron chi connectivity index (χ3n) is 2.81. The van der Waals surface area contributed by atoms with Crippen molar-refractivity contribution in [3.63, 3.8) is 0 Å². The third-order valence-corrected chi connectivity index (χ3v) is 6.23. The molecule has 0 spiro atoms. The van der Waals surface area contributed by atoms with Crippen LogP contribution in [0.5, 0.6) is 11.5 Å². The predicted molar refractivity (Wildman–Crippen MR) is 97.4 cm³/mol. The van der Waals surface area contributed by atoms with Crippen molar-refractivity contribution in [1.29, 1.82) is 0 Å². The van der Waals surface area contributed by atoms with Gasteiger partial charge in [0.15, 0.2) is 20.2 Å². The van der Waals surface area contributed by atoms with E-state index in [-0.39, 0.29) is 18.5 Å². The molecule has 1 aliphatic heterocycles. The fourth-order valence-corrected chi connectivity index (χ4v) is 4.46. The summed E-state index contributed by atoms with van der Waals surface area (Å²) in [6.07, 6.45) is 0. The monoisotopic (exact) mass is 381 g/mol. The van der Waals surface area contributed by atoms with Gasteiger partial charge in [0.05, 0.1) is 5.75 Å². The molecule has 1 aliphatic rings. The van der Waals surface area contributed by atoms with E-state index in [1.54, 1.807) is 30.0 Å². The maximum absolute atomic E-state index is 12.0. The molecule has 0 aliphatic carbocycles. The van der Waals surface area contributed by atoms with Crippen molar-refractivity contribution in [3.05, 3.63) is 30.4 Å². The van der Waals surface area contributed by atoms with E-state index in [0.29, 0.717) is 17.2 Å². The summed E-state index contributed by atoms with van der Waals surface area (Å²) >= 11 is 4.46. The minimum absolute atomic E-state index is 0.106. The molecule has 3 rings (SSSR count). The number of aromatic nitrogens is 2. The predicted octanol–water partition coefficient (Wildman–Crippen LogP) is 3.67. The summed E-state index contributed by atoms with van der Waals surface area (Å²) in [4.78, 5) is 12.0. The molecule has 0 fully saturated rings. The standard InChI is InChI=1S/C15H15N3O3S3/c1-9(2)6-22-14-17-18-15(24-14)23-7-13(19)16-10-3-4-11-12(5-10)21-8-20-11/h3-5H,1,6-8H2,2H3,(H,16,19). The van der Waals surface area contributed by atoms with E-state index >= 15 is 0 Å². The summed E-state index contributed by atoms with van der Waals surface area (Å²) in [5, 5.41) is 11.0. The van der Waals surface area contributed by atoms with Crippen LogP contribution >= 0.6 is 34.9 Å². The topological polar surface area (TPSA) is 73.3 Å². The first-order valence-electron chi connectivity index (χ1n) is 7.03. The van der Waals surface area contributed by atoms with Crippen molar-refractivity contribution in [2.75, 3.05) is 23.6 Å². The first kappa shape index (κ1) is 17.1. The van der Waals surface area contributed by atoms with Crippen LogP contribution in [0.15, 0.2) is 39.0 Å². The Bertz CT molecular complexity index is 763. The van der Waals surface area contributed by atoms with Crippen LogP contribution in [0.4, 0.5) is 5.69 Å². The number of nitrogens with zero attached hydrogens (tertiary/aromatic N) is 2. The fraction of sp³-hybridized carbons (Fsp3) is 0.267. The van der Waals surface area contributed by atoms with E-state index in [9.17, 15) is 4.79 Å².